The summed E-state index contributed by atoms with van der Waals surface area (Å²) in [7, 11) is 0. The molecular formula is C17H21N5O2S. The Morgan fingerprint density at radius 3 is 2.84 bits per heavy atom. The largest absolute Gasteiger partial charge is 0.370 e. The minimum atomic E-state index is -0.359. The van der Waals surface area contributed by atoms with Crippen molar-refractivity contribution in [2.45, 2.75) is 37.9 Å². The van der Waals surface area contributed by atoms with Crippen molar-refractivity contribution in [1.29, 1.82) is 0 Å². The zero-order valence-corrected chi connectivity index (χ0v) is 15.0. The smallest absolute Gasteiger partial charge is 0.237 e. The molecule has 1 aliphatic heterocycles. The summed E-state index contributed by atoms with van der Waals surface area (Å²) in [6, 6.07) is 8.01. The molecule has 0 spiro atoms. The third-order valence-electron chi connectivity index (χ3n) is 4.22. The molecule has 7 nitrogen and oxygen atoms in total. The van der Waals surface area contributed by atoms with Crippen LogP contribution in [0.4, 0.5) is 5.69 Å². The number of amides is 2. The number of para-hydroxylation sites is 1. The molecule has 2 heterocycles. The van der Waals surface area contributed by atoms with Gasteiger partial charge in [-0.25, -0.2) is 0 Å². The summed E-state index contributed by atoms with van der Waals surface area (Å²) in [6.45, 7) is 3.40. The van der Waals surface area contributed by atoms with E-state index < -0.39 is 0 Å². The van der Waals surface area contributed by atoms with Crippen LogP contribution in [0.2, 0.25) is 0 Å². The van der Waals surface area contributed by atoms with Gasteiger partial charge in [0.1, 0.15) is 5.82 Å². The number of aromatic nitrogens is 3. The highest BCUT2D eigenvalue weighted by Crippen LogP contribution is 2.28. The molecule has 0 aliphatic carbocycles. The van der Waals surface area contributed by atoms with Crippen LogP contribution in [0.5, 0.6) is 0 Å². The van der Waals surface area contributed by atoms with E-state index in [0.717, 1.165) is 24.5 Å². The maximum atomic E-state index is 12.6. The van der Waals surface area contributed by atoms with E-state index in [1.54, 1.807) is 0 Å². The van der Waals surface area contributed by atoms with E-state index in [1.807, 2.05) is 34.6 Å². The first kappa shape index (κ1) is 17.5. The first-order chi connectivity index (χ1) is 12.1. The maximum Gasteiger partial charge on any atom is 0.237 e. The second-order valence-electron chi connectivity index (χ2n) is 5.82. The highest BCUT2D eigenvalue weighted by Gasteiger charge is 2.24. The summed E-state index contributed by atoms with van der Waals surface area (Å²) in [5, 5.41) is 8.99. The number of hydrogen-bond donors (Lipinski definition) is 1. The van der Waals surface area contributed by atoms with E-state index in [4.69, 9.17) is 5.73 Å². The fourth-order valence-corrected chi connectivity index (χ4v) is 3.86. The van der Waals surface area contributed by atoms with E-state index in [1.165, 1.54) is 17.3 Å². The molecule has 2 N–H and O–H groups in total. The van der Waals surface area contributed by atoms with E-state index >= 15 is 0 Å². The van der Waals surface area contributed by atoms with E-state index in [2.05, 4.69) is 16.3 Å². The second kappa shape index (κ2) is 7.69. The average Bonchev–Trinajstić information content (AvgIpc) is 3.21. The van der Waals surface area contributed by atoms with E-state index in [0.29, 0.717) is 23.9 Å². The van der Waals surface area contributed by atoms with Crippen molar-refractivity contribution in [1.82, 2.24) is 14.8 Å². The molecule has 0 saturated carbocycles. The number of aryl methyl sites for hydroxylation is 1. The van der Waals surface area contributed by atoms with Crippen LogP contribution in [0.1, 0.15) is 24.7 Å². The Kier molecular flexibility index (Phi) is 5.37. The number of rotatable bonds is 7. The van der Waals surface area contributed by atoms with Gasteiger partial charge in [0.05, 0.1) is 5.75 Å². The summed E-state index contributed by atoms with van der Waals surface area (Å²) in [5.41, 5.74) is 7.41. The number of nitrogens with two attached hydrogens (primary N) is 1. The lowest BCUT2D eigenvalue weighted by Gasteiger charge is -2.17. The number of carbonyl (C=O) groups is 2. The van der Waals surface area contributed by atoms with Gasteiger partial charge in [-0.1, -0.05) is 30.0 Å². The third kappa shape index (κ3) is 3.84. The van der Waals surface area contributed by atoms with Crippen LogP contribution in [-0.4, -0.2) is 38.9 Å². The Labute approximate surface area is 150 Å². The number of carbonyl (C=O) groups excluding carboxylic acids is 2. The van der Waals surface area contributed by atoms with Crippen LogP contribution in [0.15, 0.2) is 29.4 Å². The van der Waals surface area contributed by atoms with Gasteiger partial charge in [0.2, 0.25) is 11.8 Å². The SMILES string of the molecule is CCn1c(CCC(N)=O)nnc1SCC(=O)N1CCc2ccccc21. The van der Waals surface area contributed by atoms with Crippen molar-refractivity contribution < 1.29 is 9.59 Å². The molecule has 0 radical (unpaired) electrons. The Bertz CT molecular complexity index is 789. The van der Waals surface area contributed by atoms with Crippen molar-refractivity contribution in [3.05, 3.63) is 35.7 Å². The molecule has 132 valence electrons. The Balaban J connectivity index is 1.64. The fourth-order valence-electron chi connectivity index (χ4n) is 2.96. The maximum absolute atomic E-state index is 12.6. The molecule has 0 bridgehead atoms. The van der Waals surface area contributed by atoms with Crippen LogP contribution in [0.3, 0.4) is 0 Å². The average molecular weight is 359 g/mol. The quantitative estimate of drug-likeness (QED) is 0.754. The number of primary amides is 1. The summed E-state index contributed by atoms with van der Waals surface area (Å²) in [5.74, 6) is 0.743. The Morgan fingerprint density at radius 1 is 1.28 bits per heavy atom. The number of hydrogen-bond acceptors (Lipinski definition) is 5. The molecule has 25 heavy (non-hydrogen) atoms. The highest BCUT2D eigenvalue weighted by atomic mass is 32.2. The highest BCUT2D eigenvalue weighted by molar-refractivity contribution is 7.99. The first-order valence-electron chi connectivity index (χ1n) is 8.31. The van der Waals surface area contributed by atoms with Crippen molar-refractivity contribution in [3.8, 4) is 0 Å². The fraction of sp³-hybridized carbons (Fsp3) is 0.412. The molecule has 1 aromatic carbocycles. The number of anilines is 1. The molecule has 0 atom stereocenters. The summed E-state index contributed by atoms with van der Waals surface area (Å²) < 4.78 is 1.93. The van der Waals surface area contributed by atoms with Crippen LogP contribution in [-0.2, 0) is 29.0 Å². The van der Waals surface area contributed by atoms with Gasteiger partial charge in [0, 0.05) is 31.6 Å². The van der Waals surface area contributed by atoms with Gasteiger partial charge in [-0.3, -0.25) is 9.59 Å². The van der Waals surface area contributed by atoms with E-state index in [9.17, 15) is 9.59 Å². The number of benzene rings is 1. The lowest BCUT2D eigenvalue weighted by Crippen LogP contribution is -2.30. The molecule has 0 unspecified atom stereocenters. The Morgan fingerprint density at radius 2 is 2.08 bits per heavy atom. The second-order valence-corrected chi connectivity index (χ2v) is 6.76. The molecule has 2 amide bonds. The van der Waals surface area contributed by atoms with Gasteiger partial charge in [0.15, 0.2) is 5.16 Å². The molecule has 8 heteroatoms. The van der Waals surface area contributed by atoms with Gasteiger partial charge in [-0.15, -0.1) is 10.2 Å². The summed E-state index contributed by atoms with van der Waals surface area (Å²) in [4.78, 5) is 25.4. The summed E-state index contributed by atoms with van der Waals surface area (Å²) >= 11 is 1.38. The standard InChI is InChI=1S/C17H21N5O2S/c1-2-21-15(8-7-14(18)23)19-20-17(21)25-11-16(24)22-10-9-12-5-3-4-6-13(12)22/h3-6H,2,7-11H2,1H3,(H2,18,23). The van der Waals surface area contributed by atoms with Gasteiger partial charge in [-0.2, -0.15) is 0 Å². The lowest BCUT2D eigenvalue weighted by molar-refractivity contribution is -0.118. The van der Waals surface area contributed by atoms with Crippen LogP contribution >= 0.6 is 11.8 Å². The van der Waals surface area contributed by atoms with Crippen molar-refractivity contribution >= 4 is 29.3 Å². The normalized spacial score (nSPS) is 13.1. The van der Waals surface area contributed by atoms with Gasteiger partial charge < -0.3 is 15.2 Å². The molecule has 2 aromatic rings. The van der Waals surface area contributed by atoms with Crippen LogP contribution in [0.25, 0.3) is 0 Å². The zero-order chi connectivity index (χ0) is 17.8. The monoisotopic (exact) mass is 359 g/mol. The molecule has 0 fully saturated rings. The molecule has 0 saturated heterocycles. The van der Waals surface area contributed by atoms with Gasteiger partial charge in [0.25, 0.3) is 0 Å². The zero-order valence-electron chi connectivity index (χ0n) is 14.1. The van der Waals surface area contributed by atoms with Crippen molar-refractivity contribution in [3.63, 3.8) is 0 Å². The topological polar surface area (TPSA) is 94.1 Å². The van der Waals surface area contributed by atoms with Crippen LogP contribution < -0.4 is 10.6 Å². The first-order valence-corrected chi connectivity index (χ1v) is 9.30. The summed E-state index contributed by atoms with van der Waals surface area (Å²) in [6.07, 6.45) is 1.60. The number of nitrogens with zero attached hydrogens (tertiary/aromatic N) is 4. The molecule has 3 rings (SSSR count). The molecule has 1 aliphatic rings. The van der Waals surface area contributed by atoms with E-state index in [-0.39, 0.29) is 18.2 Å². The molecular weight excluding hydrogens is 338 g/mol. The van der Waals surface area contributed by atoms with Gasteiger partial charge in [-0.05, 0) is 25.0 Å². The minimum absolute atomic E-state index is 0.0688. The number of fused-ring (bicyclic) bond motifs is 1. The number of thioether (sulfide) groups is 1. The predicted octanol–water partition coefficient (Wildman–Crippen LogP) is 1.40. The lowest BCUT2D eigenvalue weighted by atomic mass is 10.2. The Hall–Kier alpha value is -2.35. The third-order valence-corrected chi connectivity index (χ3v) is 5.17. The minimum Gasteiger partial charge on any atom is -0.370 e. The predicted molar refractivity (Wildman–Crippen MR) is 96.4 cm³/mol. The van der Waals surface area contributed by atoms with Gasteiger partial charge >= 0.3 is 0 Å². The van der Waals surface area contributed by atoms with Crippen molar-refractivity contribution in [2.24, 2.45) is 5.73 Å². The van der Waals surface area contributed by atoms with Crippen LogP contribution in [0, 0.1) is 0 Å². The van der Waals surface area contributed by atoms with Crippen molar-refractivity contribution in [2.75, 3.05) is 17.2 Å². The molecule has 1 aromatic heterocycles.